The number of hydrogen-bond acceptors (Lipinski definition) is 2. The minimum atomic E-state index is 0.210. The zero-order valence-electron chi connectivity index (χ0n) is 9.42. The number of rotatable bonds is 4. The Hall–Kier alpha value is -1.02. The van der Waals surface area contributed by atoms with Crippen LogP contribution in [0.5, 0.6) is 5.75 Å². The van der Waals surface area contributed by atoms with Crippen molar-refractivity contribution in [2.24, 2.45) is 0 Å². The van der Waals surface area contributed by atoms with Crippen LogP contribution in [0.1, 0.15) is 18.1 Å². The van der Waals surface area contributed by atoms with E-state index in [1.807, 2.05) is 13.1 Å². The Morgan fingerprint density at radius 2 is 2.00 bits per heavy atom. The molecule has 0 bridgehead atoms. The summed E-state index contributed by atoms with van der Waals surface area (Å²) in [4.78, 5) is 0. The van der Waals surface area contributed by atoms with Crippen molar-refractivity contribution in [3.05, 3.63) is 29.3 Å². The molecule has 0 heterocycles. The summed E-state index contributed by atoms with van der Waals surface area (Å²) < 4.78 is 5.73. The predicted molar refractivity (Wildman–Crippen MR) is 59.9 cm³/mol. The number of aryl methyl sites for hydroxylation is 2. The fourth-order valence-electron chi connectivity index (χ4n) is 1.35. The summed E-state index contributed by atoms with van der Waals surface area (Å²) in [5, 5.41) is 3.09. The molecular formula is C12H19NO. The summed E-state index contributed by atoms with van der Waals surface area (Å²) >= 11 is 0. The van der Waals surface area contributed by atoms with Crippen molar-refractivity contribution >= 4 is 0 Å². The van der Waals surface area contributed by atoms with Crippen molar-refractivity contribution < 1.29 is 4.74 Å². The highest BCUT2D eigenvalue weighted by molar-refractivity contribution is 5.33. The van der Waals surface area contributed by atoms with Gasteiger partial charge in [-0.05, 0) is 51.1 Å². The van der Waals surface area contributed by atoms with E-state index in [1.54, 1.807) is 0 Å². The van der Waals surface area contributed by atoms with Gasteiger partial charge >= 0.3 is 0 Å². The highest BCUT2D eigenvalue weighted by Gasteiger charge is 2.02. The summed E-state index contributed by atoms with van der Waals surface area (Å²) in [5.41, 5.74) is 2.58. The zero-order valence-corrected chi connectivity index (χ0v) is 9.42. The standard InChI is InChI=1S/C12H19NO/c1-9-5-6-12(7-10(9)2)14-11(3)8-13-4/h5-7,11,13H,8H2,1-4H3. The van der Waals surface area contributed by atoms with Crippen LogP contribution in [0.25, 0.3) is 0 Å². The summed E-state index contributed by atoms with van der Waals surface area (Å²) in [6.07, 6.45) is 0.210. The Bertz CT molecular complexity index is 296. The van der Waals surface area contributed by atoms with E-state index in [-0.39, 0.29) is 6.10 Å². The van der Waals surface area contributed by atoms with Crippen molar-refractivity contribution in [2.75, 3.05) is 13.6 Å². The van der Waals surface area contributed by atoms with Crippen LogP contribution in [-0.2, 0) is 0 Å². The average Bonchev–Trinajstić information content (AvgIpc) is 2.12. The Morgan fingerprint density at radius 3 is 2.57 bits per heavy atom. The van der Waals surface area contributed by atoms with E-state index in [4.69, 9.17) is 4.74 Å². The highest BCUT2D eigenvalue weighted by atomic mass is 16.5. The normalized spacial score (nSPS) is 12.6. The van der Waals surface area contributed by atoms with Gasteiger partial charge in [-0.15, -0.1) is 0 Å². The van der Waals surface area contributed by atoms with Gasteiger partial charge in [-0.1, -0.05) is 6.07 Å². The average molecular weight is 193 g/mol. The molecule has 78 valence electrons. The largest absolute Gasteiger partial charge is 0.489 e. The van der Waals surface area contributed by atoms with Crippen molar-refractivity contribution in [3.8, 4) is 5.75 Å². The van der Waals surface area contributed by atoms with E-state index >= 15 is 0 Å². The second kappa shape index (κ2) is 5.01. The third-order valence-corrected chi connectivity index (χ3v) is 2.31. The fourth-order valence-corrected chi connectivity index (χ4v) is 1.35. The van der Waals surface area contributed by atoms with Gasteiger partial charge in [-0.25, -0.2) is 0 Å². The first-order chi connectivity index (χ1) is 6.63. The van der Waals surface area contributed by atoms with Crippen molar-refractivity contribution in [1.82, 2.24) is 5.32 Å². The Labute approximate surface area is 86.3 Å². The second-order valence-corrected chi connectivity index (χ2v) is 3.73. The van der Waals surface area contributed by atoms with E-state index < -0.39 is 0 Å². The molecule has 0 aromatic heterocycles. The topological polar surface area (TPSA) is 21.3 Å². The molecule has 0 spiro atoms. The quantitative estimate of drug-likeness (QED) is 0.792. The zero-order chi connectivity index (χ0) is 10.6. The van der Waals surface area contributed by atoms with Crippen LogP contribution in [-0.4, -0.2) is 19.7 Å². The summed E-state index contributed by atoms with van der Waals surface area (Å²) in [5.74, 6) is 0.954. The minimum absolute atomic E-state index is 0.210. The lowest BCUT2D eigenvalue weighted by atomic mass is 10.1. The highest BCUT2D eigenvalue weighted by Crippen LogP contribution is 2.17. The molecule has 2 nitrogen and oxygen atoms in total. The lowest BCUT2D eigenvalue weighted by molar-refractivity contribution is 0.220. The number of ether oxygens (including phenoxy) is 1. The second-order valence-electron chi connectivity index (χ2n) is 3.73. The van der Waals surface area contributed by atoms with Gasteiger partial charge in [-0.2, -0.15) is 0 Å². The summed E-state index contributed by atoms with van der Waals surface area (Å²) in [7, 11) is 1.93. The van der Waals surface area contributed by atoms with Gasteiger partial charge in [0.25, 0.3) is 0 Å². The summed E-state index contributed by atoms with van der Waals surface area (Å²) in [6, 6.07) is 6.20. The number of benzene rings is 1. The molecule has 1 rings (SSSR count). The van der Waals surface area contributed by atoms with Gasteiger partial charge in [0, 0.05) is 6.54 Å². The Balaban J connectivity index is 2.63. The van der Waals surface area contributed by atoms with Gasteiger partial charge in [0.05, 0.1) is 0 Å². The van der Waals surface area contributed by atoms with Gasteiger partial charge in [0.1, 0.15) is 11.9 Å². The van der Waals surface area contributed by atoms with E-state index in [0.717, 1.165) is 12.3 Å². The molecule has 1 aromatic rings. The fraction of sp³-hybridized carbons (Fsp3) is 0.500. The Morgan fingerprint density at radius 1 is 1.29 bits per heavy atom. The first-order valence-corrected chi connectivity index (χ1v) is 5.02. The van der Waals surface area contributed by atoms with E-state index in [1.165, 1.54) is 11.1 Å². The smallest absolute Gasteiger partial charge is 0.120 e. The van der Waals surface area contributed by atoms with Crippen molar-refractivity contribution in [2.45, 2.75) is 26.9 Å². The molecule has 2 heteroatoms. The molecule has 0 saturated heterocycles. The number of nitrogens with one attached hydrogen (secondary N) is 1. The molecule has 0 aliphatic rings. The van der Waals surface area contributed by atoms with Gasteiger partial charge < -0.3 is 10.1 Å². The predicted octanol–water partition coefficient (Wildman–Crippen LogP) is 2.29. The molecule has 0 saturated carbocycles. The van der Waals surface area contributed by atoms with Crippen LogP contribution < -0.4 is 10.1 Å². The molecule has 0 aliphatic heterocycles. The monoisotopic (exact) mass is 193 g/mol. The molecule has 14 heavy (non-hydrogen) atoms. The van der Waals surface area contributed by atoms with Crippen LogP contribution in [0, 0.1) is 13.8 Å². The molecule has 1 atom stereocenters. The SMILES string of the molecule is CNCC(C)Oc1ccc(C)c(C)c1. The van der Waals surface area contributed by atoms with Crippen LogP contribution in [0.4, 0.5) is 0 Å². The van der Waals surface area contributed by atoms with Gasteiger partial charge in [-0.3, -0.25) is 0 Å². The molecule has 0 radical (unpaired) electrons. The number of hydrogen-bond donors (Lipinski definition) is 1. The molecule has 1 unspecified atom stereocenters. The lowest BCUT2D eigenvalue weighted by Gasteiger charge is -2.14. The molecule has 1 N–H and O–H groups in total. The first kappa shape index (κ1) is 11.1. The van der Waals surface area contributed by atoms with E-state index in [2.05, 4.69) is 38.2 Å². The van der Waals surface area contributed by atoms with Crippen molar-refractivity contribution in [3.63, 3.8) is 0 Å². The van der Waals surface area contributed by atoms with Crippen LogP contribution in [0.2, 0.25) is 0 Å². The summed E-state index contributed by atoms with van der Waals surface area (Å²) in [6.45, 7) is 7.14. The van der Waals surface area contributed by atoms with Crippen molar-refractivity contribution in [1.29, 1.82) is 0 Å². The molecular weight excluding hydrogens is 174 g/mol. The maximum absolute atomic E-state index is 5.73. The van der Waals surface area contributed by atoms with Crippen LogP contribution in [0.3, 0.4) is 0 Å². The number of likely N-dealkylation sites (N-methyl/N-ethyl adjacent to an activating group) is 1. The molecule has 0 aliphatic carbocycles. The van der Waals surface area contributed by atoms with Gasteiger partial charge in [0.2, 0.25) is 0 Å². The molecule has 1 aromatic carbocycles. The van der Waals surface area contributed by atoms with Crippen LogP contribution >= 0.6 is 0 Å². The third kappa shape index (κ3) is 3.04. The van der Waals surface area contributed by atoms with E-state index in [0.29, 0.717) is 0 Å². The first-order valence-electron chi connectivity index (χ1n) is 5.02. The molecule has 0 amide bonds. The maximum atomic E-state index is 5.73. The van der Waals surface area contributed by atoms with E-state index in [9.17, 15) is 0 Å². The molecule has 0 fully saturated rings. The Kier molecular flexibility index (Phi) is 3.96. The maximum Gasteiger partial charge on any atom is 0.120 e. The van der Waals surface area contributed by atoms with Gasteiger partial charge in [0.15, 0.2) is 0 Å². The minimum Gasteiger partial charge on any atom is -0.489 e. The third-order valence-electron chi connectivity index (χ3n) is 2.31. The lowest BCUT2D eigenvalue weighted by Crippen LogP contribution is -2.26. The van der Waals surface area contributed by atoms with Crippen LogP contribution in [0.15, 0.2) is 18.2 Å².